The molecule has 9 heteroatoms. The van der Waals surface area contributed by atoms with Crippen LogP contribution in [0, 0.1) is 20.7 Å². The van der Waals surface area contributed by atoms with Gasteiger partial charge in [0.25, 0.3) is 5.56 Å². The monoisotopic (exact) mass is 551 g/mol. The number of hydrogen-bond acceptors (Lipinski definition) is 5. The van der Waals surface area contributed by atoms with Crippen molar-refractivity contribution in [3.63, 3.8) is 0 Å². The molecule has 28 heavy (non-hydrogen) atoms. The topological polar surface area (TPSA) is 93.9 Å². The third-order valence-corrected chi connectivity index (χ3v) is 5.28. The van der Waals surface area contributed by atoms with Gasteiger partial charge in [-0.15, -0.1) is 0 Å². The normalized spacial score (nSPS) is 10.8. The van der Waals surface area contributed by atoms with Crippen molar-refractivity contribution >= 4 is 50.7 Å². The number of anilines is 1. The van der Waals surface area contributed by atoms with Crippen LogP contribution in [0.5, 0.6) is 0 Å². The molecule has 3 rings (SSSR count). The van der Waals surface area contributed by atoms with Gasteiger partial charge in [0.15, 0.2) is 0 Å². The van der Waals surface area contributed by atoms with Gasteiger partial charge in [-0.25, -0.2) is 14.8 Å². The molecule has 0 radical (unpaired) electrons. The highest BCUT2D eigenvalue weighted by atomic mass is 127. The van der Waals surface area contributed by atoms with Crippen molar-refractivity contribution in [3.8, 4) is 17.3 Å². The van der Waals surface area contributed by atoms with Gasteiger partial charge in [-0.2, -0.15) is 10.4 Å². The highest BCUT2D eigenvalue weighted by Gasteiger charge is 2.13. The fourth-order valence-electron chi connectivity index (χ4n) is 2.43. The Balaban J connectivity index is 1.90. The van der Waals surface area contributed by atoms with Crippen molar-refractivity contribution in [2.75, 3.05) is 5.43 Å². The summed E-state index contributed by atoms with van der Waals surface area (Å²) in [7, 11) is 0. The average Bonchev–Trinajstić information content (AvgIpc) is 2.68. The molecule has 0 saturated heterocycles. The van der Waals surface area contributed by atoms with Crippen LogP contribution in [-0.4, -0.2) is 16.2 Å². The number of nitrogens with one attached hydrogen (secondary N) is 2. The maximum absolute atomic E-state index is 14.0. The Labute approximate surface area is 181 Å². The van der Waals surface area contributed by atoms with E-state index in [9.17, 15) is 14.4 Å². The highest BCUT2D eigenvalue weighted by molar-refractivity contribution is 14.1. The molecule has 140 valence electrons. The molecule has 0 fully saturated rings. The number of aromatic amines is 1. The fraction of sp³-hybridized carbons (Fsp3) is 0.0526. The molecular formula is C19H12BrFIN5O. The number of H-pyrrole nitrogens is 1. The van der Waals surface area contributed by atoms with E-state index >= 15 is 0 Å². The first-order valence-electron chi connectivity index (χ1n) is 7.96. The molecular weight excluding hydrogens is 540 g/mol. The molecule has 0 spiro atoms. The average molecular weight is 552 g/mol. The summed E-state index contributed by atoms with van der Waals surface area (Å²) in [6.07, 6.45) is 1.42. The van der Waals surface area contributed by atoms with Crippen LogP contribution in [0.2, 0.25) is 0 Å². The number of halogens is 3. The highest BCUT2D eigenvalue weighted by Crippen LogP contribution is 2.21. The Morgan fingerprint density at radius 3 is 2.75 bits per heavy atom. The molecule has 0 unspecified atom stereocenters. The molecule has 1 heterocycles. The molecule has 3 aromatic rings. The lowest BCUT2D eigenvalue weighted by atomic mass is 10.1. The predicted molar refractivity (Wildman–Crippen MR) is 118 cm³/mol. The molecule has 0 aliphatic heterocycles. The molecule has 6 nitrogen and oxygen atoms in total. The van der Waals surface area contributed by atoms with Gasteiger partial charge >= 0.3 is 0 Å². The van der Waals surface area contributed by atoms with Crippen LogP contribution in [0.25, 0.3) is 11.3 Å². The summed E-state index contributed by atoms with van der Waals surface area (Å²) in [6, 6.07) is 13.9. The van der Waals surface area contributed by atoms with Crippen molar-refractivity contribution in [1.82, 2.24) is 9.97 Å². The van der Waals surface area contributed by atoms with Gasteiger partial charge in [0, 0.05) is 20.0 Å². The smallest absolute Gasteiger partial charge is 0.270 e. The minimum absolute atomic E-state index is 0.0753. The number of hydrazone groups is 1. The first kappa shape index (κ1) is 20.2. The summed E-state index contributed by atoms with van der Waals surface area (Å²) < 4.78 is 14.8. The van der Waals surface area contributed by atoms with Gasteiger partial charge in [-0.3, -0.25) is 9.78 Å². The summed E-state index contributed by atoms with van der Waals surface area (Å²) in [4.78, 5) is 18.9. The quantitative estimate of drug-likeness (QED) is 0.213. The molecule has 0 aliphatic carbocycles. The maximum atomic E-state index is 14.0. The van der Waals surface area contributed by atoms with Gasteiger partial charge in [-0.05, 0) is 40.3 Å². The number of aromatic nitrogens is 2. The fourth-order valence-corrected chi connectivity index (χ4v) is 4.33. The Kier molecular flexibility index (Phi) is 6.53. The third kappa shape index (κ3) is 4.45. The second-order valence-electron chi connectivity index (χ2n) is 5.58. The zero-order valence-corrected chi connectivity index (χ0v) is 18.0. The summed E-state index contributed by atoms with van der Waals surface area (Å²) >= 11 is 5.31. The standard InChI is InChI=1S/C19H12BrFIN5O/c20-8-13-15(21)6-11(7-16(13)22)10-24-27-19-25-17(12-4-2-1-3-5-12)14(9-23)18(28)26-19/h1-7,10H,8H2,(H2,25,26,27,28). The lowest BCUT2D eigenvalue weighted by Crippen LogP contribution is -2.16. The number of rotatable bonds is 5. The number of benzene rings is 2. The molecule has 1 aromatic heterocycles. The summed E-state index contributed by atoms with van der Waals surface area (Å²) in [6.45, 7) is 0. The van der Waals surface area contributed by atoms with Crippen LogP contribution in [0.4, 0.5) is 10.3 Å². The molecule has 0 atom stereocenters. The van der Waals surface area contributed by atoms with E-state index in [1.54, 1.807) is 30.3 Å². The van der Waals surface area contributed by atoms with E-state index in [4.69, 9.17) is 0 Å². The summed E-state index contributed by atoms with van der Waals surface area (Å²) in [5, 5.41) is 13.7. The predicted octanol–water partition coefficient (Wildman–Crippen LogP) is 4.39. The molecule has 2 aromatic carbocycles. The number of hydrogen-bond donors (Lipinski definition) is 2. The van der Waals surface area contributed by atoms with E-state index in [-0.39, 0.29) is 23.0 Å². The van der Waals surface area contributed by atoms with Crippen molar-refractivity contribution < 1.29 is 4.39 Å². The molecule has 0 bridgehead atoms. The number of alkyl halides is 1. The summed E-state index contributed by atoms with van der Waals surface area (Å²) in [5.74, 6) is -0.257. The Bertz CT molecular complexity index is 1120. The van der Waals surface area contributed by atoms with Crippen LogP contribution < -0.4 is 11.0 Å². The van der Waals surface area contributed by atoms with Crippen LogP contribution >= 0.6 is 38.5 Å². The van der Waals surface area contributed by atoms with Crippen LogP contribution in [0.15, 0.2) is 52.4 Å². The lowest BCUT2D eigenvalue weighted by molar-refractivity contribution is 0.616. The third-order valence-electron chi connectivity index (χ3n) is 3.76. The van der Waals surface area contributed by atoms with Crippen LogP contribution in [0.1, 0.15) is 16.7 Å². The maximum Gasteiger partial charge on any atom is 0.270 e. The Morgan fingerprint density at radius 1 is 1.36 bits per heavy atom. The van der Waals surface area contributed by atoms with Gasteiger partial charge in [-0.1, -0.05) is 46.3 Å². The Morgan fingerprint density at radius 2 is 2.11 bits per heavy atom. The molecule has 0 saturated carbocycles. The van der Waals surface area contributed by atoms with Crippen molar-refractivity contribution in [1.29, 1.82) is 5.26 Å². The zero-order valence-electron chi connectivity index (χ0n) is 14.2. The molecule has 0 aliphatic rings. The van der Waals surface area contributed by atoms with E-state index in [1.807, 2.05) is 12.1 Å². The molecule has 0 amide bonds. The Hall–Kier alpha value is -2.58. The number of nitriles is 1. The van der Waals surface area contributed by atoms with Crippen molar-refractivity contribution in [3.05, 3.63) is 78.9 Å². The second-order valence-corrected chi connectivity index (χ2v) is 7.31. The van der Waals surface area contributed by atoms with Crippen LogP contribution in [-0.2, 0) is 5.33 Å². The van der Waals surface area contributed by atoms with Gasteiger partial charge < -0.3 is 0 Å². The lowest BCUT2D eigenvalue weighted by Gasteiger charge is -2.06. The number of nitrogens with zero attached hydrogens (tertiary/aromatic N) is 3. The van der Waals surface area contributed by atoms with E-state index in [0.717, 1.165) is 3.57 Å². The minimum atomic E-state index is -0.573. The zero-order chi connectivity index (χ0) is 20.1. The minimum Gasteiger partial charge on any atom is -0.290 e. The van der Waals surface area contributed by atoms with E-state index in [0.29, 0.717) is 22.0 Å². The first-order valence-corrected chi connectivity index (χ1v) is 10.2. The van der Waals surface area contributed by atoms with Crippen molar-refractivity contribution in [2.24, 2.45) is 5.10 Å². The molecule has 2 N–H and O–H groups in total. The van der Waals surface area contributed by atoms with E-state index in [1.165, 1.54) is 12.3 Å². The van der Waals surface area contributed by atoms with E-state index < -0.39 is 5.56 Å². The van der Waals surface area contributed by atoms with Gasteiger partial charge in [0.2, 0.25) is 5.95 Å². The van der Waals surface area contributed by atoms with Gasteiger partial charge in [0.1, 0.15) is 17.4 Å². The SMILES string of the molecule is N#Cc1c(-c2ccccc2)nc(NN=Cc2cc(F)c(CBr)c(I)c2)[nH]c1=O. The van der Waals surface area contributed by atoms with Gasteiger partial charge in [0.05, 0.1) is 11.9 Å². The van der Waals surface area contributed by atoms with E-state index in [2.05, 4.69) is 59.0 Å². The largest absolute Gasteiger partial charge is 0.290 e. The first-order chi connectivity index (χ1) is 13.5. The van der Waals surface area contributed by atoms with Crippen molar-refractivity contribution in [2.45, 2.75) is 5.33 Å². The second kappa shape index (κ2) is 9.07. The summed E-state index contributed by atoms with van der Waals surface area (Å²) in [5.41, 5.74) is 4.00. The van der Waals surface area contributed by atoms with Crippen LogP contribution in [0.3, 0.4) is 0 Å².